The maximum Gasteiger partial charge on any atom is 0.253 e. The summed E-state index contributed by atoms with van der Waals surface area (Å²) in [4.78, 5) is 25.4. The third kappa shape index (κ3) is 6.73. The molecule has 0 atom stereocenters. The molecular weight excluding hydrogens is 290 g/mol. The van der Waals surface area contributed by atoms with E-state index in [0.717, 1.165) is 26.1 Å². The fourth-order valence-electron chi connectivity index (χ4n) is 2.62. The van der Waals surface area contributed by atoms with Crippen LogP contribution in [0.3, 0.4) is 0 Å². The summed E-state index contributed by atoms with van der Waals surface area (Å²) in [6, 6.07) is 0. The summed E-state index contributed by atoms with van der Waals surface area (Å²) in [5.74, 6) is 0. The number of nitrogens with zero attached hydrogens (tertiary/aromatic N) is 1. The quantitative estimate of drug-likeness (QED) is 0.407. The molecule has 1 aromatic carbocycles. The normalized spacial score (nSPS) is 11.3. The highest BCUT2D eigenvalue weighted by atomic mass is 16.2. The highest BCUT2D eigenvalue weighted by Gasteiger charge is 2.19. The van der Waals surface area contributed by atoms with Crippen molar-refractivity contribution in [1.82, 2.24) is 4.90 Å². The highest BCUT2D eigenvalue weighted by molar-refractivity contribution is 5.73. The molecule has 0 aliphatic rings. The number of nitrogens with one attached hydrogen (secondary N) is 2. The Labute approximate surface area is 140 Å². The van der Waals surface area contributed by atoms with Gasteiger partial charge < -0.3 is 15.5 Å². The minimum absolute atomic E-state index is 0.387. The van der Waals surface area contributed by atoms with E-state index in [9.17, 15) is 9.59 Å². The van der Waals surface area contributed by atoms with E-state index in [1.165, 1.54) is 38.5 Å². The summed E-state index contributed by atoms with van der Waals surface area (Å²) in [6.45, 7) is 7.64. The Balaban J connectivity index is 2.18. The monoisotopic (exact) mass is 323 g/mol. The van der Waals surface area contributed by atoms with Gasteiger partial charge in [-0.15, -0.1) is 0 Å². The first kappa shape index (κ1) is 19.7. The minimum atomic E-state index is -0.388. The van der Waals surface area contributed by atoms with Crippen molar-refractivity contribution in [2.75, 3.05) is 43.9 Å². The van der Waals surface area contributed by atoms with Gasteiger partial charge in [-0.2, -0.15) is 0 Å². The van der Waals surface area contributed by atoms with Crippen LogP contribution in [0.1, 0.15) is 58.8 Å². The molecule has 0 spiro atoms. The zero-order valence-electron chi connectivity index (χ0n) is 15.0. The topological polar surface area (TPSA) is 61.4 Å². The van der Waals surface area contributed by atoms with Crippen LogP contribution >= 0.6 is 0 Å². The Kier molecular flexibility index (Phi) is 9.60. The summed E-state index contributed by atoms with van der Waals surface area (Å²) in [5.41, 5.74) is 0.162. The molecule has 5 nitrogen and oxygen atoms in total. The lowest BCUT2D eigenvalue weighted by Crippen LogP contribution is -2.39. The fraction of sp³-hybridized carbons (Fsp3) is 0.778. The zero-order valence-corrected chi connectivity index (χ0v) is 15.0. The molecule has 0 amide bonds. The Morgan fingerprint density at radius 2 is 1.30 bits per heavy atom. The SMILES string of the molecule is CCCCCCCCN(C)CCNc1c(NCCC)c(=O)c1=O. The zero-order chi connectivity index (χ0) is 17.1. The molecule has 0 saturated carbocycles. The van der Waals surface area contributed by atoms with E-state index in [0.29, 0.717) is 17.9 Å². The van der Waals surface area contributed by atoms with Gasteiger partial charge in [-0.05, 0) is 26.4 Å². The Morgan fingerprint density at radius 3 is 1.91 bits per heavy atom. The first-order chi connectivity index (χ1) is 11.1. The molecule has 5 heteroatoms. The molecule has 0 aliphatic heterocycles. The van der Waals surface area contributed by atoms with Gasteiger partial charge >= 0.3 is 0 Å². The number of anilines is 2. The lowest BCUT2D eigenvalue weighted by Gasteiger charge is -2.19. The minimum Gasteiger partial charge on any atom is -0.380 e. The van der Waals surface area contributed by atoms with Crippen molar-refractivity contribution in [2.45, 2.75) is 58.8 Å². The van der Waals surface area contributed by atoms with Gasteiger partial charge in [-0.1, -0.05) is 46.0 Å². The second kappa shape index (κ2) is 11.2. The summed E-state index contributed by atoms with van der Waals surface area (Å²) in [5, 5.41) is 6.14. The summed E-state index contributed by atoms with van der Waals surface area (Å²) < 4.78 is 0. The largest absolute Gasteiger partial charge is 0.380 e. The molecule has 0 aliphatic carbocycles. The third-order valence-corrected chi connectivity index (χ3v) is 4.15. The lowest BCUT2D eigenvalue weighted by atomic mass is 10.1. The molecule has 0 aromatic heterocycles. The van der Waals surface area contributed by atoms with Crippen LogP contribution in [0.25, 0.3) is 0 Å². The standard InChI is InChI=1S/C18H33N3O2/c1-4-6-7-8-9-10-13-21(3)14-12-20-16-15(19-11-5-2)17(22)18(16)23/h19-20H,4-14H2,1-3H3. The van der Waals surface area contributed by atoms with Crippen LogP contribution in [-0.2, 0) is 0 Å². The molecule has 0 unspecified atom stereocenters. The highest BCUT2D eigenvalue weighted by Crippen LogP contribution is 2.13. The van der Waals surface area contributed by atoms with Gasteiger partial charge in [0.15, 0.2) is 0 Å². The van der Waals surface area contributed by atoms with Crippen LogP contribution in [0.5, 0.6) is 0 Å². The number of rotatable bonds is 14. The van der Waals surface area contributed by atoms with Crippen molar-refractivity contribution in [2.24, 2.45) is 0 Å². The number of hydrogen-bond donors (Lipinski definition) is 2. The second-order valence-electron chi connectivity index (χ2n) is 6.33. The smallest absolute Gasteiger partial charge is 0.253 e. The molecule has 132 valence electrons. The molecule has 0 saturated heterocycles. The van der Waals surface area contributed by atoms with Gasteiger partial charge in [0.25, 0.3) is 10.9 Å². The molecule has 1 aromatic rings. The van der Waals surface area contributed by atoms with Gasteiger partial charge in [0.2, 0.25) is 0 Å². The average molecular weight is 323 g/mol. The van der Waals surface area contributed by atoms with Crippen LogP contribution in [0.2, 0.25) is 0 Å². The van der Waals surface area contributed by atoms with Crippen molar-refractivity contribution < 1.29 is 0 Å². The molecule has 1 rings (SSSR count). The predicted molar refractivity (Wildman–Crippen MR) is 99.5 cm³/mol. The van der Waals surface area contributed by atoms with E-state index < -0.39 is 0 Å². The first-order valence-corrected chi connectivity index (χ1v) is 9.11. The van der Waals surface area contributed by atoms with Gasteiger partial charge in [-0.25, -0.2) is 0 Å². The molecule has 0 heterocycles. The summed E-state index contributed by atoms with van der Waals surface area (Å²) >= 11 is 0. The van der Waals surface area contributed by atoms with E-state index in [1.807, 2.05) is 6.92 Å². The van der Waals surface area contributed by atoms with Crippen molar-refractivity contribution in [3.05, 3.63) is 20.4 Å². The van der Waals surface area contributed by atoms with Crippen LogP contribution < -0.4 is 21.5 Å². The lowest BCUT2D eigenvalue weighted by molar-refractivity contribution is 0.335. The van der Waals surface area contributed by atoms with Gasteiger partial charge in [0.1, 0.15) is 11.4 Å². The van der Waals surface area contributed by atoms with E-state index in [1.54, 1.807) is 0 Å². The molecule has 0 radical (unpaired) electrons. The molecule has 23 heavy (non-hydrogen) atoms. The Hall–Kier alpha value is -1.36. The number of likely N-dealkylation sites (N-methyl/N-ethyl adjacent to an activating group) is 1. The second-order valence-corrected chi connectivity index (χ2v) is 6.33. The first-order valence-electron chi connectivity index (χ1n) is 9.11. The van der Waals surface area contributed by atoms with Crippen LogP contribution in [0.4, 0.5) is 11.4 Å². The Morgan fingerprint density at radius 1 is 0.739 bits per heavy atom. The number of unbranched alkanes of at least 4 members (excludes halogenated alkanes) is 5. The summed E-state index contributed by atoms with van der Waals surface area (Å²) in [6.07, 6.45) is 8.76. The van der Waals surface area contributed by atoms with E-state index in [2.05, 4.69) is 29.5 Å². The third-order valence-electron chi connectivity index (χ3n) is 4.15. The maximum absolute atomic E-state index is 11.6. The van der Waals surface area contributed by atoms with Gasteiger partial charge in [0, 0.05) is 19.6 Å². The fourth-order valence-corrected chi connectivity index (χ4v) is 2.62. The molecule has 0 bridgehead atoms. The van der Waals surface area contributed by atoms with Crippen LogP contribution in [0.15, 0.2) is 9.59 Å². The molecular formula is C18H33N3O2. The molecule has 2 N–H and O–H groups in total. The van der Waals surface area contributed by atoms with Crippen molar-refractivity contribution >= 4 is 11.4 Å². The Bertz CT molecular complexity index is 506. The van der Waals surface area contributed by atoms with E-state index in [-0.39, 0.29) is 10.9 Å². The van der Waals surface area contributed by atoms with Gasteiger partial charge in [0.05, 0.1) is 0 Å². The predicted octanol–water partition coefficient (Wildman–Crippen LogP) is 2.81. The molecule has 0 fully saturated rings. The van der Waals surface area contributed by atoms with Crippen LogP contribution in [-0.4, -0.2) is 38.1 Å². The van der Waals surface area contributed by atoms with Crippen LogP contribution in [0, 0.1) is 0 Å². The van der Waals surface area contributed by atoms with Crippen molar-refractivity contribution in [1.29, 1.82) is 0 Å². The van der Waals surface area contributed by atoms with Gasteiger partial charge in [-0.3, -0.25) is 9.59 Å². The van der Waals surface area contributed by atoms with E-state index >= 15 is 0 Å². The summed E-state index contributed by atoms with van der Waals surface area (Å²) in [7, 11) is 2.10. The van der Waals surface area contributed by atoms with Crippen molar-refractivity contribution in [3.8, 4) is 0 Å². The van der Waals surface area contributed by atoms with E-state index in [4.69, 9.17) is 0 Å². The number of hydrogen-bond acceptors (Lipinski definition) is 5. The average Bonchev–Trinajstić information content (AvgIpc) is 2.56. The van der Waals surface area contributed by atoms with Crippen molar-refractivity contribution in [3.63, 3.8) is 0 Å². The maximum atomic E-state index is 11.6.